The van der Waals surface area contributed by atoms with Crippen molar-refractivity contribution in [3.8, 4) is 5.75 Å². The van der Waals surface area contributed by atoms with Crippen LogP contribution in [0.3, 0.4) is 0 Å². The number of hydrogen-bond acceptors (Lipinski definition) is 3. The fourth-order valence-corrected chi connectivity index (χ4v) is 2.68. The first-order chi connectivity index (χ1) is 10.2. The molecule has 21 heavy (non-hydrogen) atoms. The summed E-state index contributed by atoms with van der Waals surface area (Å²) < 4.78 is 11.2. The van der Waals surface area contributed by atoms with Crippen LogP contribution in [0.5, 0.6) is 5.75 Å². The molecule has 0 unspecified atom stereocenters. The molecule has 0 bridgehead atoms. The zero-order valence-corrected chi connectivity index (χ0v) is 13.1. The highest BCUT2D eigenvalue weighted by atomic mass is 79.9. The Labute approximate surface area is 130 Å². The Bertz CT molecular complexity index is 810. The number of ether oxygens (including phenoxy) is 1. The van der Waals surface area contributed by atoms with Crippen LogP contribution < -0.4 is 10.1 Å². The van der Waals surface area contributed by atoms with Gasteiger partial charge in [0.05, 0.1) is 12.8 Å². The molecule has 1 amide bonds. The first-order valence-electron chi connectivity index (χ1n) is 6.58. The minimum absolute atomic E-state index is 0.0689. The number of rotatable bonds is 4. The average molecular weight is 348 g/mol. The van der Waals surface area contributed by atoms with Gasteiger partial charge in [0.1, 0.15) is 16.9 Å². The minimum atomic E-state index is -0.0689. The number of anilines is 1. The molecule has 2 aromatic carbocycles. The summed E-state index contributed by atoms with van der Waals surface area (Å²) in [4.78, 5) is 11.8. The Balaban J connectivity index is 2.12. The molecule has 3 rings (SSSR count). The van der Waals surface area contributed by atoms with E-state index in [-0.39, 0.29) is 5.91 Å². The molecule has 0 spiro atoms. The quantitative estimate of drug-likeness (QED) is 0.715. The van der Waals surface area contributed by atoms with E-state index in [9.17, 15) is 4.79 Å². The van der Waals surface area contributed by atoms with Crippen molar-refractivity contribution >= 4 is 49.5 Å². The third-order valence-electron chi connectivity index (χ3n) is 3.29. The second-order valence-electron chi connectivity index (χ2n) is 4.63. The molecule has 0 saturated carbocycles. The van der Waals surface area contributed by atoms with Gasteiger partial charge >= 0.3 is 0 Å². The van der Waals surface area contributed by atoms with Crippen molar-refractivity contribution in [3.05, 3.63) is 36.4 Å². The van der Waals surface area contributed by atoms with Gasteiger partial charge in [-0.25, -0.2) is 0 Å². The van der Waals surface area contributed by atoms with E-state index >= 15 is 0 Å². The summed E-state index contributed by atoms with van der Waals surface area (Å²) in [5.74, 6) is 0.553. The third-order valence-corrected chi connectivity index (χ3v) is 3.69. The number of halogens is 1. The van der Waals surface area contributed by atoms with Gasteiger partial charge in [0.25, 0.3) is 0 Å². The Hall–Kier alpha value is -2.01. The zero-order chi connectivity index (χ0) is 14.8. The maximum atomic E-state index is 11.8. The first-order valence-corrected chi connectivity index (χ1v) is 7.70. The standard InChI is InChI=1S/C16H14BrNO3/c1-20-15-8-11-10-4-2-3-5-13(10)21-14(11)9-12(15)18-16(19)6-7-17/h2-5,8-9H,6-7H2,1H3,(H,18,19). The van der Waals surface area contributed by atoms with Crippen LogP contribution in [0.2, 0.25) is 0 Å². The van der Waals surface area contributed by atoms with E-state index in [1.807, 2.05) is 30.3 Å². The lowest BCUT2D eigenvalue weighted by Gasteiger charge is -2.09. The Morgan fingerprint density at radius 3 is 2.81 bits per heavy atom. The van der Waals surface area contributed by atoms with Crippen molar-refractivity contribution in [1.82, 2.24) is 0 Å². The van der Waals surface area contributed by atoms with E-state index in [0.29, 0.717) is 23.2 Å². The summed E-state index contributed by atoms with van der Waals surface area (Å²) >= 11 is 3.25. The number of methoxy groups -OCH3 is 1. The molecular weight excluding hydrogens is 334 g/mol. The lowest BCUT2D eigenvalue weighted by Crippen LogP contribution is -2.12. The van der Waals surface area contributed by atoms with Crippen molar-refractivity contribution < 1.29 is 13.9 Å². The van der Waals surface area contributed by atoms with Crippen LogP contribution in [0.15, 0.2) is 40.8 Å². The van der Waals surface area contributed by atoms with Crippen molar-refractivity contribution in [2.45, 2.75) is 6.42 Å². The fourth-order valence-electron chi connectivity index (χ4n) is 2.32. The first kappa shape index (κ1) is 13.9. The number of amides is 1. The molecule has 1 aromatic heterocycles. The van der Waals surface area contributed by atoms with Crippen molar-refractivity contribution in [2.75, 3.05) is 17.8 Å². The summed E-state index contributed by atoms with van der Waals surface area (Å²) in [7, 11) is 1.59. The summed E-state index contributed by atoms with van der Waals surface area (Å²) in [6, 6.07) is 11.5. The summed E-state index contributed by atoms with van der Waals surface area (Å²) in [6.07, 6.45) is 0.404. The van der Waals surface area contributed by atoms with Crippen LogP contribution in [0.1, 0.15) is 6.42 Å². The second kappa shape index (κ2) is 5.77. The molecule has 4 nitrogen and oxygen atoms in total. The zero-order valence-electron chi connectivity index (χ0n) is 11.5. The van der Waals surface area contributed by atoms with E-state index in [1.165, 1.54) is 0 Å². The summed E-state index contributed by atoms with van der Waals surface area (Å²) in [5, 5.41) is 5.47. The monoisotopic (exact) mass is 347 g/mol. The van der Waals surface area contributed by atoms with E-state index in [4.69, 9.17) is 9.15 Å². The van der Waals surface area contributed by atoms with Crippen LogP contribution in [0.4, 0.5) is 5.69 Å². The van der Waals surface area contributed by atoms with E-state index in [2.05, 4.69) is 21.2 Å². The number of hydrogen-bond donors (Lipinski definition) is 1. The second-order valence-corrected chi connectivity index (χ2v) is 5.43. The fraction of sp³-hybridized carbons (Fsp3) is 0.188. The smallest absolute Gasteiger partial charge is 0.225 e. The van der Waals surface area contributed by atoms with Gasteiger partial charge in [-0.1, -0.05) is 34.1 Å². The van der Waals surface area contributed by atoms with E-state index in [0.717, 1.165) is 21.9 Å². The normalized spacial score (nSPS) is 11.0. The lowest BCUT2D eigenvalue weighted by molar-refractivity contribution is -0.115. The van der Waals surface area contributed by atoms with Gasteiger partial charge in [-0.15, -0.1) is 0 Å². The summed E-state index contributed by atoms with van der Waals surface area (Å²) in [5.41, 5.74) is 2.17. The number of fused-ring (bicyclic) bond motifs is 3. The van der Waals surface area contributed by atoms with Gasteiger partial charge in [0.15, 0.2) is 0 Å². The topological polar surface area (TPSA) is 51.5 Å². The van der Waals surface area contributed by atoms with Gasteiger partial charge in [-0.3, -0.25) is 4.79 Å². The van der Waals surface area contributed by atoms with Crippen LogP contribution in [0.25, 0.3) is 21.9 Å². The molecule has 108 valence electrons. The molecule has 0 aliphatic heterocycles. The van der Waals surface area contributed by atoms with Gasteiger partial charge in [0.2, 0.25) is 5.91 Å². The lowest BCUT2D eigenvalue weighted by atomic mass is 10.1. The van der Waals surface area contributed by atoms with Crippen LogP contribution in [0, 0.1) is 0 Å². The molecule has 3 aromatic rings. The molecule has 0 aliphatic rings. The maximum Gasteiger partial charge on any atom is 0.225 e. The highest BCUT2D eigenvalue weighted by molar-refractivity contribution is 9.09. The molecule has 0 atom stereocenters. The van der Waals surface area contributed by atoms with E-state index in [1.54, 1.807) is 13.2 Å². The highest BCUT2D eigenvalue weighted by Crippen LogP contribution is 2.36. The number of benzene rings is 2. The highest BCUT2D eigenvalue weighted by Gasteiger charge is 2.13. The number of para-hydroxylation sites is 1. The number of carbonyl (C=O) groups excluding carboxylic acids is 1. The largest absolute Gasteiger partial charge is 0.495 e. The number of furan rings is 1. The molecule has 0 radical (unpaired) electrons. The Morgan fingerprint density at radius 1 is 1.24 bits per heavy atom. The number of carbonyl (C=O) groups is 1. The SMILES string of the molecule is COc1cc2c(cc1NC(=O)CCBr)oc1ccccc12. The third kappa shape index (κ3) is 2.61. The van der Waals surface area contributed by atoms with Gasteiger partial charge in [-0.05, 0) is 12.1 Å². The predicted octanol–water partition coefficient (Wildman–Crippen LogP) is 4.32. The Kier molecular flexibility index (Phi) is 3.84. The van der Waals surface area contributed by atoms with Gasteiger partial charge < -0.3 is 14.5 Å². The molecule has 1 N–H and O–H groups in total. The molecule has 0 saturated heterocycles. The van der Waals surface area contributed by atoms with Crippen molar-refractivity contribution in [1.29, 1.82) is 0 Å². The van der Waals surface area contributed by atoms with Crippen LogP contribution in [-0.2, 0) is 4.79 Å². The molecule has 5 heteroatoms. The maximum absolute atomic E-state index is 11.8. The Morgan fingerprint density at radius 2 is 2.05 bits per heavy atom. The molecule has 0 aliphatic carbocycles. The summed E-state index contributed by atoms with van der Waals surface area (Å²) in [6.45, 7) is 0. The van der Waals surface area contributed by atoms with Crippen LogP contribution in [-0.4, -0.2) is 18.3 Å². The number of nitrogens with one attached hydrogen (secondary N) is 1. The van der Waals surface area contributed by atoms with E-state index < -0.39 is 0 Å². The molecular formula is C16H14BrNO3. The average Bonchev–Trinajstić information content (AvgIpc) is 2.84. The van der Waals surface area contributed by atoms with Crippen LogP contribution >= 0.6 is 15.9 Å². The van der Waals surface area contributed by atoms with Gasteiger partial charge in [0, 0.05) is 28.6 Å². The molecule has 1 heterocycles. The minimum Gasteiger partial charge on any atom is -0.495 e. The van der Waals surface area contributed by atoms with Crippen molar-refractivity contribution in [2.24, 2.45) is 0 Å². The van der Waals surface area contributed by atoms with Gasteiger partial charge in [-0.2, -0.15) is 0 Å². The molecule has 0 fully saturated rings. The number of alkyl halides is 1. The predicted molar refractivity (Wildman–Crippen MR) is 87.3 cm³/mol. The van der Waals surface area contributed by atoms with Crippen molar-refractivity contribution in [3.63, 3.8) is 0 Å².